The molecular weight excluding hydrogens is 212 g/mol. The maximum Gasteiger partial charge on any atom is 0.0705 e. The summed E-state index contributed by atoms with van der Waals surface area (Å²) >= 11 is 0. The molecule has 1 unspecified atom stereocenters. The van der Waals surface area contributed by atoms with Crippen LogP contribution in [0.25, 0.3) is 10.9 Å². The quantitative estimate of drug-likeness (QED) is 0.878. The number of aromatic nitrogens is 1. The molecule has 3 heteroatoms. The molecule has 0 spiro atoms. The van der Waals surface area contributed by atoms with Gasteiger partial charge >= 0.3 is 0 Å². The fourth-order valence-corrected chi connectivity index (χ4v) is 1.71. The van der Waals surface area contributed by atoms with Crippen molar-refractivity contribution >= 4 is 10.9 Å². The molecule has 0 saturated carbocycles. The summed E-state index contributed by atoms with van der Waals surface area (Å²) in [5, 5.41) is 1.13. The standard InChI is InChI=1S/C14H18N2O/c1-10(2)17-9-13(15)12-6-5-11-4-3-7-16-14(11)8-12/h3-8,10,13H,9,15H2,1-2H3. The Morgan fingerprint density at radius 1 is 1.29 bits per heavy atom. The molecule has 3 nitrogen and oxygen atoms in total. The number of hydrogen-bond donors (Lipinski definition) is 1. The second-order valence-electron chi connectivity index (χ2n) is 4.44. The van der Waals surface area contributed by atoms with Crippen LogP contribution >= 0.6 is 0 Å². The average Bonchev–Trinajstić information content (AvgIpc) is 2.35. The molecule has 2 rings (SSSR count). The van der Waals surface area contributed by atoms with E-state index < -0.39 is 0 Å². The highest BCUT2D eigenvalue weighted by Gasteiger charge is 2.08. The molecule has 0 aliphatic carbocycles. The first-order valence-corrected chi connectivity index (χ1v) is 5.88. The predicted octanol–water partition coefficient (Wildman–Crippen LogP) is 2.66. The summed E-state index contributed by atoms with van der Waals surface area (Å²) in [5.74, 6) is 0. The molecule has 1 aromatic carbocycles. The average molecular weight is 230 g/mol. The molecule has 1 heterocycles. The van der Waals surface area contributed by atoms with E-state index in [0.717, 1.165) is 16.5 Å². The van der Waals surface area contributed by atoms with E-state index in [9.17, 15) is 0 Å². The molecule has 0 aliphatic heterocycles. The van der Waals surface area contributed by atoms with Crippen molar-refractivity contribution in [3.05, 3.63) is 42.1 Å². The van der Waals surface area contributed by atoms with Gasteiger partial charge in [0.1, 0.15) is 0 Å². The van der Waals surface area contributed by atoms with Crippen molar-refractivity contribution in [2.24, 2.45) is 5.73 Å². The first kappa shape index (κ1) is 12.0. The lowest BCUT2D eigenvalue weighted by molar-refractivity contribution is 0.0683. The van der Waals surface area contributed by atoms with Crippen molar-refractivity contribution in [2.45, 2.75) is 26.0 Å². The Bertz CT molecular complexity index is 496. The SMILES string of the molecule is CC(C)OCC(N)c1ccc2cccnc2c1. The minimum absolute atomic E-state index is 0.0937. The van der Waals surface area contributed by atoms with Crippen LogP contribution in [0.1, 0.15) is 25.5 Å². The van der Waals surface area contributed by atoms with Crippen LogP contribution < -0.4 is 5.73 Å². The van der Waals surface area contributed by atoms with Crippen LogP contribution in [-0.2, 0) is 4.74 Å². The van der Waals surface area contributed by atoms with Crippen molar-refractivity contribution in [3.63, 3.8) is 0 Å². The van der Waals surface area contributed by atoms with Gasteiger partial charge in [0.25, 0.3) is 0 Å². The van der Waals surface area contributed by atoms with Gasteiger partial charge in [-0.15, -0.1) is 0 Å². The summed E-state index contributed by atoms with van der Waals surface area (Å²) in [6, 6.07) is 10.0. The third kappa shape index (κ3) is 3.02. The summed E-state index contributed by atoms with van der Waals surface area (Å²) in [7, 11) is 0. The molecule has 2 N–H and O–H groups in total. The number of nitrogens with two attached hydrogens (primary N) is 1. The van der Waals surface area contributed by atoms with E-state index in [1.807, 2.05) is 44.2 Å². The number of pyridine rings is 1. The predicted molar refractivity (Wildman–Crippen MR) is 69.8 cm³/mol. The summed E-state index contributed by atoms with van der Waals surface area (Å²) in [6.07, 6.45) is 2.00. The van der Waals surface area contributed by atoms with E-state index in [2.05, 4.69) is 4.98 Å². The highest BCUT2D eigenvalue weighted by molar-refractivity contribution is 5.78. The Labute approximate surface area is 102 Å². The number of rotatable bonds is 4. The molecular formula is C14H18N2O. The summed E-state index contributed by atoms with van der Waals surface area (Å²) in [5.41, 5.74) is 8.12. The van der Waals surface area contributed by atoms with Gasteiger partial charge in [-0.05, 0) is 31.5 Å². The van der Waals surface area contributed by atoms with E-state index in [1.165, 1.54) is 0 Å². The molecule has 0 saturated heterocycles. The second-order valence-corrected chi connectivity index (χ2v) is 4.44. The van der Waals surface area contributed by atoms with Crippen molar-refractivity contribution in [1.82, 2.24) is 4.98 Å². The van der Waals surface area contributed by atoms with Crippen LogP contribution in [0.3, 0.4) is 0 Å². The van der Waals surface area contributed by atoms with Crippen molar-refractivity contribution in [2.75, 3.05) is 6.61 Å². The number of ether oxygens (including phenoxy) is 1. The van der Waals surface area contributed by atoms with E-state index >= 15 is 0 Å². The zero-order chi connectivity index (χ0) is 12.3. The van der Waals surface area contributed by atoms with E-state index in [-0.39, 0.29) is 12.1 Å². The van der Waals surface area contributed by atoms with Gasteiger partial charge in [0.15, 0.2) is 0 Å². The van der Waals surface area contributed by atoms with Gasteiger partial charge in [-0.25, -0.2) is 0 Å². The lowest BCUT2D eigenvalue weighted by Crippen LogP contribution is -2.19. The number of benzene rings is 1. The molecule has 2 aromatic rings. The summed E-state index contributed by atoms with van der Waals surface area (Å²) in [4.78, 5) is 4.32. The fraction of sp³-hybridized carbons (Fsp3) is 0.357. The van der Waals surface area contributed by atoms with E-state index in [0.29, 0.717) is 6.61 Å². The van der Waals surface area contributed by atoms with Gasteiger partial charge in [0.2, 0.25) is 0 Å². The topological polar surface area (TPSA) is 48.1 Å². The smallest absolute Gasteiger partial charge is 0.0705 e. The van der Waals surface area contributed by atoms with Crippen molar-refractivity contribution in [1.29, 1.82) is 0 Å². The highest BCUT2D eigenvalue weighted by Crippen LogP contribution is 2.18. The molecule has 1 aromatic heterocycles. The van der Waals surface area contributed by atoms with Gasteiger partial charge < -0.3 is 10.5 Å². The first-order chi connectivity index (χ1) is 8.16. The van der Waals surface area contributed by atoms with Crippen LogP contribution in [0.15, 0.2) is 36.5 Å². The number of fused-ring (bicyclic) bond motifs is 1. The fourth-order valence-electron chi connectivity index (χ4n) is 1.71. The third-order valence-corrected chi connectivity index (χ3v) is 2.67. The number of hydrogen-bond acceptors (Lipinski definition) is 3. The monoisotopic (exact) mass is 230 g/mol. The minimum Gasteiger partial charge on any atom is -0.377 e. The zero-order valence-electron chi connectivity index (χ0n) is 10.3. The molecule has 0 aliphatic rings. The van der Waals surface area contributed by atoms with Crippen molar-refractivity contribution < 1.29 is 4.74 Å². The lowest BCUT2D eigenvalue weighted by atomic mass is 10.1. The summed E-state index contributed by atoms with van der Waals surface area (Å²) < 4.78 is 5.52. The minimum atomic E-state index is -0.0937. The van der Waals surface area contributed by atoms with E-state index in [1.54, 1.807) is 6.20 Å². The first-order valence-electron chi connectivity index (χ1n) is 5.88. The second kappa shape index (κ2) is 5.25. The Morgan fingerprint density at radius 3 is 2.88 bits per heavy atom. The van der Waals surface area contributed by atoms with Crippen LogP contribution in [0.2, 0.25) is 0 Å². The largest absolute Gasteiger partial charge is 0.377 e. The van der Waals surface area contributed by atoms with Crippen LogP contribution in [0, 0.1) is 0 Å². The molecule has 90 valence electrons. The molecule has 0 radical (unpaired) electrons. The number of nitrogens with zero attached hydrogens (tertiary/aromatic N) is 1. The van der Waals surface area contributed by atoms with E-state index in [4.69, 9.17) is 10.5 Å². The zero-order valence-corrected chi connectivity index (χ0v) is 10.3. The van der Waals surface area contributed by atoms with Gasteiger partial charge in [0.05, 0.1) is 24.3 Å². The van der Waals surface area contributed by atoms with Gasteiger partial charge in [-0.3, -0.25) is 4.98 Å². The Morgan fingerprint density at radius 2 is 2.12 bits per heavy atom. The lowest BCUT2D eigenvalue weighted by Gasteiger charge is -2.15. The van der Waals surface area contributed by atoms with Crippen LogP contribution in [0.5, 0.6) is 0 Å². The highest BCUT2D eigenvalue weighted by atomic mass is 16.5. The Hall–Kier alpha value is -1.45. The van der Waals surface area contributed by atoms with Gasteiger partial charge in [-0.2, -0.15) is 0 Å². The Balaban J connectivity index is 2.18. The molecule has 17 heavy (non-hydrogen) atoms. The molecule has 0 amide bonds. The maximum absolute atomic E-state index is 6.08. The normalized spacial score (nSPS) is 13.2. The van der Waals surface area contributed by atoms with Gasteiger partial charge in [-0.1, -0.05) is 18.2 Å². The van der Waals surface area contributed by atoms with Crippen molar-refractivity contribution in [3.8, 4) is 0 Å². The van der Waals surface area contributed by atoms with Crippen LogP contribution in [0.4, 0.5) is 0 Å². The molecule has 0 fully saturated rings. The molecule has 0 bridgehead atoms. The molecule has 1 atom stereocenters. The van der Waals surface area contributed by atoms with Crippen LogP contribution in [-0.4, -0.2) is 17.7 Å². The Kier molecular flexibility index (Phi) is 3.71. The summed E-state index contributed by atoms with van der Waals surface area (Å²) in [6.45, 7) is 4.55. The third-order valence-electron chi connectivity index (χ3n) is 2.67. The van der Waals surface area contributed by atoms with Gasteiger partial charge in [0, 0.05) is 11.6 Å². The maximum atomic E-state index is 6.08.